The predicted octanol–water partition coefficient (Wildman–Crippen LogP) is 1.18. The molecule has 0 fully saturated rings. The van der Waals surface area contributed by atoms with E-state index in [-0.39, 0.29) is 5.56 Å². The molecule has 1 heterocycles. The number of esters is 1. The zero-order chi connectivity index (χ0) is 15.9. The van der Waals surface area contributed by atoms with Gasteiger partial charge in [0.2, 0.25) is 0 Å². The van der Waals surface area contributed by atoms with Crippen LogP contribution < -0.4 is 15.6 Å². The number of aromatic nitrogens is 1. The van der Waals surface area contributed by atoms with Gasteiger partial charge in [-0.2, -0.15) is 0 Å². The summed E-state index contributed by atoms with van der Waals surface area (Å²) in [5.41, 5.74) is -0.179. The molecule has 0 spiro atoms. The Bertz CT molecular complexity index is 721. The van der Waals surface area contributed by atoms with Crippen LogP contribution in [0.5, 0.6) is 5.75 Å². The lowest BCUT2D eigenvalue weighted by Crippen LogP contribution is -2.24. The molecule has 22 heavy (non-hydrogen) atoms. The van der Waals surface area contributed by atoms with Gasteiger partial charge in [-0.3, -0.25) is 9.59 Å². The SMILES string of the molecule is COc1ccc(NC(=O)COC(=O)c2ccc[nH]c2=O)cc1. The fraction of sp³-hybridized carbons (Fsp3) is 0.133. The molecule has 2 aromatic rings. The summed E-state index contributed by atoms with van der Waals surface area (Å²) in [5, 5.41) is 2.56. The van der Waals surface area contributed by atoms with Crippen LogP contribution in [-0.4, -0.2) is 30.6 Å². The van der Waals surface area contributed by atoms with Crippen LogP contribution in [0.3, 0.4) is 0 Å². The van der Waals surface area contributed by atoms with Gasteiger partial charge in [-0.25, -0.2) is 4.79 Å². The van der Waals surface area contributed by atoms with Crippen molar-refractivity contribution in [2.45, 2.75) is 0 Å². The molecule has 0 bridgehead atoms. The highest BCUT2D eigenvalue weighted by atomic mass is 16.5. The van der Waals surface area contributed by atoms with E-state index in [1.165, 1.54) is 18.3 Å². The van der Waals surface area contributed by atoms with Crippen molar-refractivity contribution in [3.05, 3.63) is 58.5 Å². The molecule has 7 heteroatoms. The number of pyridine rings is 1. The third-order valence-electron chi connectivity index (χ3n) is 2.75. The molecule has 7 nitrogen and oxygen atoms in total. The lowest BCUT2D eigenvalue weighted by Gasteiger charge is -2.07. The monoisotopic (exact) mass is 302 g/mol. The van der Waals surface area contributed by atoms with Crippen molar-refractivity contribution in [3.8, 4) is 5.75 Å². The van der Waals surface area contributed by atoms with Gasteiger partial charge in [0.25, 0.3) is 11.5 Å². The molecule has 1 amide bonds. The number of methoxy groups -OCH3 is 1. The quantitative estimate of drug-likeness (QED) is 0.808. The number of anilines is 1. The minimum absolute atomic E-state index is 0.153. The van der Waals surface area contributed by atoms with Crippen LogP contribution in [0.25, 0.3) is 0 Å². The van der Waals surface area contributed by atoms with Crippen molar-refractivity contribution < 1.29 is 19.1 Å². The van der Waals surface area contributed by atoms with Gasteiger partial charge >= 0.3 is 5.97 Å². The Labute approximate surface area is 125 Å². The minimum atomic E-state index is -0.855. The number of H-pyrrole nitrogens is 1. The normalized spacial score (nSPS) is 9.86. The van der Waals surface area contributed by atoms with E-state index in [1.807, 2.05) is 0 Å². The summed E-state index contributed by atoms with van der Waals surface area (Å²) in [7, 11) is 1.54. The molecular weight excluding hydrogens is 288 g/mol. The van der Waals surface area contributed by atoms with Crippen molar-refractivity contribution >= 4 is 17.6 Å². The summed E-state index contributed by atoms with van der Waals surface area (Å²) >= 11 is 0. The van der Waals surface area contributed by atoms with E-state index < -0.39 is 24.0 Å². The highest BCUT2D eigenvalue weighted by molar-refractivity contribution is 5.95. The Hall–Kier alpha value is -3.09. The fourth-order valence-electron chi connectivity index (χ4n) is 1.66. The first-order chi connectivity index (χ1) is 10.6. The molecule has 0 atom stereocenters. The highest BCUT2D eigenvalue weighted by Gasteiger charge is 2.13. The van der Waals surface area contributed by atoms with Gasteiger partial charge in [0.15, 0.2) is 6.61 Å². The van der Waals surface area contributed by atoms with E-state index in [1.54, 1.807) is 31.4 Å². The Morgan fingerprint density at radius 2 is 1.91 bits per heavy atom. The van der Waals surface area contributed by atoms with Gasteiger partial charge in [-0.1, -0.05) is 0 Å². The van der Waals surface area contributed by atoms with E-state index in [0.29, 0.717) is 11.4 Å². The molecule has 0 saturated carbocycles. The van der Waals surface area contributed by atoms with Gasteiger partial charge in [-0.05, 0) is 36.4 Å². The third kappa shape index (κ3) is 3.95. The average Bonchev–Trinajstić information content (AvgIpc) is 2.54. The maximum absolute atomic E-state index is 11.7. The zero-order valence-corrected chi connectivity index (χ0v) is 11.8. The molecule has 0 aliphatic carbocycles. The lowest BCUT2D eigenvalue weighted by molar-refractivity contribution is -0.119. The maximum atomic E-state index is 11.7. The Balaban J connectivity index is 1.88. The van der Waals surface area contributed by atoms with E-state index in [4.69, 9.17) is 9.47 Å². The first kappa shape index (κ1) is 15.3. The zero-order valence-electron chi connectivity index (χ0n) is 11.8. The third-order valence-corrected chi connectivity index (χ3v) is 2.75. The van der Waals surface area contributed by atoms with Gasteiger partial charge in [0.05, 0.1) is 7.11 Å². The molecular formula is C15H14N2O5. The summed E-state index contributed by atoms with van der Waals surface area (Å²) in [4.78, 5) is 37.1. The first-order valence-corrected chi connectivity index (χ1v) is 6.39. The van der Waals surface area contributed by atoms with Crippen molar-refractivity contribution in [1.82, 2.24) is 4.98 Å². The van der Waals surface area contributed by atoms with Crippen molar-refractivity contribution in [2.24, 2.45) is 0 Å². The van der Waals surface area contributed by atoms with Crippen LogP contribution in [-0.2, 0) is 9.53 Å². The molecule has 0 aliphatic heterocycles. The van der Waals surface area contributed by atoms with Gasteiger partial charge in [-0.15, -0.1) is 0 Å². The van der Waals surface area contributed by atoms with Crippen molar-refractivity contribution in [3.63, 3.8) is 0 Å². The number of hydrogen-bond acceptors (Lipinski definition) is 5. The molecule has 2 N–H and O–H groups in total. The van der Waals surface area contributed by atoms with Crippen LogP contribution in [0.1, 0.15) is 10.4 Å². The summed E-state index contributed by atoms with van der Waals surface area (Å²) < 4.78 is 9.79. The Morgan fingerprint density at radius 3 is 2.55 bits per heavy atom. The number of amides is 1. The van der Waals surface area contributed by atoms with E-state index in [9.17, 15) is 14.4 Å². The van der Waals surface area contributed by atoms with Gasteiger partial charge in [0, 0.05) is 11.9 Å². The number of hydrogen-bond donors (Lipinski definition) is 2. The summed E-state index contributed by atoms with van der Waals surface area (Å²) in [6, 6.07) is 9.50. The molecule has 0 radical (unpaired) electrons. The number of benzene rings is 1. The number of carbonyl (C=O) groups excluding carboxylic acids is 2. The number of carbonyl (C=O) groups is 2. The molecule has 1 aromatic heterocycles. The largest absolute Gasteiger partial charge is 0.497 e. The van der Waals surface area contributed by atoms with E-state index in [0.717, 1.165) is 0 Å². The highest BCUT2D eigenvalue weighted by Crippen LogP contribution is 2.14. The van der Waals surface area contributed by atoms with E-state index >= 15 is 0 Å². The van der Waals surface area contributed by atoms with Crippen molar-refractivity contribution in [1.29, 1.82) is 0 Å². The predicted molar refractivity (Wildman–Crippen MR) is 79.0 cm³/mol. The second kappa shape index (κ2) is 7.07. The molecule has 1 aromatic carbocycles. The van der Waals surface area contributed by atoms with Crippen LogP contribution in [0, 0.1) is 0 Å². The second-order valence-corrected chi connectivity index (χ2v) is 4.27. The molecule has 0 unspecified atom stereocenters. The summed E-state index contributed by atoms with van der Waals surface area (Å²) in [5.74, 6) is -0.703. The first-order valence-electron chi connectivity index (χ1n) is 6.39. The van der Waals surface area contributed by atoms with Crippen LogP contribution in [0.15, 0.2) is 47.4 Å². The number of nitrogens with one attached hydrogen (secondary N) is 2. The van der Waals surface area contributed by atoms with Crippen molar-refractivity contribution in [2.75, 3.05) is 19.0 Å². The minimum Gasteiger partial charge on any atom is -0.497 e. The maximum Gasteiger partial charge on any atom is 0.344 e. The Morgan fingerprint density at radius 1 is 1.18 bits per heavy atom. The second-order valence-electron chi connectivity index (χ2n) is 4.27. The van der Waals surface area contributed by atoms with Crippen LogP contribution in [0.4, 0.5) is 5.69 Å². The fourth-order valence-corrected chi connectivity index (χ4v) is 1.66. The van der Waals surface area contributed by atoms with Crippen LogP contribution in [0.2, 0.25) is 0 Å². The lowest BCUT2D eigenvalue weighted by atomic mass is 10.3. The number of rotatable bonds is 5. The standard InChI is InChI=1S/C15H14N2O5/c1-21-11-6-4-10(5-7-11)17-13(18)9-22-15(20)12-3-2-8-16-14(12)19/h2-8H,9H2,1H3,(H,16,19)(H,17,18). The topological polar surface area (TPSA) is 97.5 Å². The smallest absolute Gasteiger partial charge is 0.344 e. The van der Waals surface area contributed by atoms with Gasteiger partial charge in [0.1, 0.15) is 11.3 Å². The molecule has 2 rings (SSSR count). The van der Waals surface area contributed by atoms with E-state index in [2.05, 4.69) is 10.3 Å². The Kier molecular flexibility index (Phi) is 4.92. The molecule has 0 saturated heterocycles. The summed E-state index contributed by atoms with van der Waals surface area (Å²) in [6.07, 6.45) is 1.40. The van der Waals surface area contributed by atoms with Crippen LogP contribution >= 0.6 is 0 Å². The summed E-state index contributed by atoms with van der Waals surface area (Å²) in [6.45, 7) is -0.487. The van der Waals surface area contributed by atoms with Gasteiger partial charge < -0.3 is 19.8 Å². The average molecular weight is 302 g/mol. The number of ether oxygens (including phenoxy) is 2. The number of aromatic amines is 1. The molecule has 114 valence electrons. The molecule has 0 aliphatic rings.